The first-order valence-electron chi connectivity index (χ1n) is 4.22. The zero-order valence-corrected chi connectivity index (χ0v) is 7.86. The number of nitrogens with one attached hydrogen (secondary N) is 1. The number of halogens is 1. The summed E-state index contributed by atoms with van der Waals surface area (Å²) in [5.74, 6) is 0. The normalized spacial score (nSPS) is 28.2. The van der Waals surface area contributed by atoms with Crippen molar-refractivity contribution in [1.82, 2.24) is 5.32 Å². The average molecular weight is 182 g/mol. The Kier molecular flexibility index (Phi) is 1.85. The summed E-state index contributed by atoms with van der Waals surface area (Å²) < 4.78 is 0. The fourth-order valence-electron chi connectivity index (χ4n) is 1.58. The van der Waals surface area contributed by atoms with E-state index < -0.39 is 0 Å². The second-order valence-corrected chi connectivity index (χ2v) is 3.96. The molecule has 64 valence electrons. The molecule has 1 fully saturated rings. The second kappa shape index (κ2) is 2.75. The van der Waals surface area contributed by atoms with Gasteiger partial charge in [0.2, 0.25) is 0 Å². The third kappa shape index (κ3) is 1.23. The van der Waals surface area contributed by atoms with E-state index in [1.165, 1.54) is 12.0 Å². The topological polar surface area (TPSA) is 12.0 Å². The van der Waals surface area contributed by atoms with Gasteiger partial charge in [0.15, 0.2) is 0 Å². The summed E-state index contributed by atoms with van der Waals surface area (Å²) in [6, 6.07) is 8.07. The zero-order valence-electron chi connectivity index (χ0n) is 7.10. The largest absolute Gasteiger partial charge is 0.307 e. The first-order valence-corrected chi connectivity index (χ1v) is 4.60. The minimum Gasteiger partial charge on any atom is -0.307 e. The van der Waals surface area contributed by atoms with Crippen LogP contribution in [-0.2, 0) is 5.54 Å². The quantitative estimate of drug-likeness (QED) is 0.702. The molecule has 1 nitrogen and oxygen atoms in total. The van der Waals surface area contributed by atoms with Crippen LogP contribution in [-0.4, -0.2) is 6.54 Å². The number of hydrogen-bond acceptors (Lipinski definition) is 1. The molecule has 1 heterocycles. The molecule has 0 radical (unpaired) electrons. The summed E-state index contributed by atoms with van der Waals surface area (Å²) >= 11 is 5.90. The maximum Gasteiger partial charge on any atom is 0.0418 e. The Bertz CT molecular complexity index is 292. The fourth-order valence-corrected chi connectivity index (χ4v) is 1.77. The third-order valence-electron chi connectivity index (χ3n) is 2.60. The second-order valence-electron chi connectivity index (χ2n) is 3.52. The van der Waals surface area contributed by atoms with Crippen molar-refractivity contribution in [2.75, 3.05) is 6.54 Å². The van der Waals surface area contributed by atoms with Gasteiger partial charge in [-0.1, -0.05) is 23.7 Å². The van der Waals surface area contributed by atoms with Gasteiger partial charge >= 0.3 is 0 Å². The molecular weight excluding hydrogens is 170 g/mol. The molecule has 1 unspecified atom stereocenters. The summed E-state index contributed by atoms with van der Waals surface area (Å²) in [7, 11) is 0. The summed E-state index contributed by atoms with van der Waals surface area (Å²) in [6.07, 6.45) is 1.20. The average Bonchev–Trinajstić information content (AvgIpc) is 2.00. The molecule has 0 aliphatic carbocycles. The van der Waals surface area contributed by atoms with Gasteiger partial charge in [-0.2, -0.15) is 0 Å². The van der Waals surface area contributed by atoms with Crippen LogP contribution in [0.1, 0.15) is 18.9 Å². The molecule has 0 saturated carbocycles. The molecule has 1 atom stereocenters. The molecular formula is C10H12ClN. The Labute approximate surface area is 77.7 Å². The van der Waals surface area contributed by atoms with Crippen LogP contribution < -0.4 is 5.32 Å². The highest BCUT2D eigenvalue weighted by molar-refractivity contribution is 6.30. The molecule has 1 aromatic carbocycles. The lowest BCUT2D eigenvalue weighted by Gasteiger charge is -2.40. The molecule has 0 amide bonds. The molecule has 12 heavy (non-hydrogen) atoms. The highest BCUT2D eigenvalue weighted by Gasteiger charge is 2.32. The van der Waals surface area contributed by atoms with Crippen molar-refractivity contribution in [3.63, 3.8) is 0 Å². The standard InChI is InChI=1S/C10H12ClN/c1-10(5-6-12-10)8-3-2-4-9(11)7-8/h2-4,7,12H,5-6H2,1H3. The first kappa shape index (κ1) is 8.09. The molecule has 1 saturated heterocycles. The van der Waals surface area contributed by atoms with Crippen LogP contribution >= 0.6 is 11.6 Å². The van der Waals surface area contributed by atoms with Gasteiger partial charge in [-0.3, -0.25) is 0 Å². The van der Waals surface area contributed by atoms with Gasteiger partial charge in [-0.25, -0.2) is 0 Å². The molecule has 2 heteroatoms. The minimum atomic E-state index is 0.172. The third-order valence-corrected chi connectivity index (χ3v) is 2.84. The van der Waals surface area contributed by atoms with Crippen molar-refractivity contribution in [2.24, 2.45) is 0 Å². The number of rotatable bonds is 1. The predicted molar refractivity (Wildman–Crippen MR) is 51.4 cm³/mol. The van der Waals surface area contributed by atoms with Crippen molar-refractivity contribution in [3.8, 4) is 0 Å². The van der Waals surface area contributed by atoms with E-state index in [0.29, 0.717) is 0 Å². The van der Waals surface area contributed by atoms with Crippen LogP contribution in [0.4, 0.5) is 0 Å². The predicted octanol–water partition coefficient (Wildman–Crippen LogP) is 2.55. The summed E-state index contributed by atoms with van der Waals surface area (Å²) in [4.78, 5) is 0. The van der Waals surface area contributed by atoms with Gasteiger partial charge in [0.25, 0.3) is 0 Å². The van der Waals surface area contributed by atoms with Crippen molar-refractivity contribution in [3.05, 3.63) is 34.9 Å². The minimum absolute atomic E-state index is 0.172. The van der Waals surface area contributed by atoms with Crippen molar-refractivity contribution in [1.29, 1.82) is 0 Å². The van der Waals surface area contributed by atoms with Crippen molar-refractivity contribution < 1.29 is 0 Å². The lowest BCUT2D eigenvalue weighted by atomic mass is 9.83. The molecule has 1 N–H and O–H groups in total. The monoisotopic (exact) mass is 181 g/mol. The molecule has 0 aromatic heterocycles. The Morgan fingerprint density at radius 3 is 2.75 bits per heavy atom. The fraction of sp³-hybridized carbons (Fsp3) is 0.400. The van der Waals surface area contributed by atoms with Crippen molar-refractivity contribution in [2.45, 2.75) is 18.9 Å². The zero-order chi connectivity index (χ0) is 8.60. The Morgan fingerprint density at radius 1 is 1.50 bits per heavy atom. The van der Waals surface area contributed by atoms with Gasteiger partial charge < -0.3 is 5.32 Å². The summed E-state index contributed by atoms with van der Waals surface area (Å²) in [5.41, 5.74) is 1.46. The van der Waals surface area contributed by atoms with Crippen LogP contribution in [0.25, 0.3) is 0 Å². The molecule has 0 spiro atoms. The van der Waals surface area contributed by atoms with E-state index in [1.807, 2.05) is 18.2 Å². The molecule has 0 bridgehead atoms. The van der Waals surface area contributed by atoms with E-state index >= 15 is 0 Å². The SMILES string of the molecule is CC1(c2cccc(Cl)c2)CCN1. The van der Waals surface area contributed by atoms with Gasteiger partial charge in [0.05, 0.1) is 0 Å². The van der Waals surface area contributed by atoms with Gasteiger partial charge in [-0.05, 0) is 37.6 Å². The molecule has 2 rings (SSSR count). The van der Waals surface area contributed by atoms with E-state index in [4.69, 9.17) is 11.6 Å². The Balaban J connectivity index is 2.33. The van der Waals surface area contributed by atoms with E-state index in [1.54, 1.807) is 0 Å². The highest BCUT2D eigenvalue weighted by Crippen LogP contribution is 2.31. The van der Waals surface area contributed by atoms with Crippen LogP contribution in [0.2, 0.25) is 5.02 Å². The van der Waals surface area contributed by atoms with Crippen LogP contribution in [0.5, 0.6) is 0 Å². The van der Waals surface area contributed by atoms with Gasteiger partial charge in [0.1, 0.15) is 0 Å². The summed E-state index contributed by atoms with van der Waals surface area (Å²) in [5, 5.41) is 4.23. The van der Waals surface area contributed by atoms with E-state index in [2.05, 4.69) is 18.3 Å². The van der Waals surface area contributed by atoms with E-state index in [-0.39, 0.29) is 5.54 Å². The lowest BCUT2D eigenvalue weighted by molar-refractivity contribution is 0.237. The van der Waals surface area contributed by atoms with Gasteiger partial charge in [0, 0.05) is 10.6 Å². The number of hydrogen-bond donors (Lipinski definition) is 1. The molecule has 1 aliphatic rings. The molecule has 1 aromatic rings. The van der Waals surface area contributed by atoms with Crippen LogP contribution in [0.15, 0.2) is 24.3 Å². The highest BCUT2D eigenvalue weighted by atomic mass is 35.5. The van der Waals surface area contributed by atoms with Crippen LogP contribution in [0, 0.1) is 0 Å². The smallest absolute Gasteiger partial charge is 0.0418 e. The lowest BCUT2D eigenvalue weighted by Crippen LogP contribution is -2.51. The maximum atomic E-state index is 5.90. The van der Waals surface area contributed by atoms with Crippen LogP contribution in [0.3, 0.4) is 0 Å². The first-order chi connectivity index (χ1) is 5.71. The Hall–Kier alpha value is -0.530. The number of benzene rings is 1. The Morgan fingerprint density at radius 2 is 2.25 bits per heavy atom. The maximum absolute atomic E-state index is 5.90. The van der Waals surface area contributed by atoms with Crippen molar-refractivity contribution >= 4 is 11.6 Å². The molecule has 1 aliphatic heterocycles. The van der Waals surface area contributed by atoms with E-state index in [0.717, 1.165) is 11.6 Å². The van der Waals surface area contributed by atoms with Gasteiger partial charge in [-0.15, -0.1) is 0 Å². The summed E-state index contributed by atoms with van der Waals surface area (Å²) in [6.45, 7) is 3.32. The van der Waals surface area contributed by atoms with E-state index in [9.17, 15) is 0 Å².